The van der Waals surface area contributed by atoms with Crippen molar-refractivity contribution in [1.29, 1.82) is 0 Å². The molecule has 2 heterocycles. The number of rotatable bonds is 3. The quantitative estimate of drug-likeness (QED) is 0.561. The van der Waals surface area contributed by atoms with Crippen molar-refractivity contribution < 1.29 is 23.6 Å². The predicted octanol–water partition coefficient (Wildman–Crippen LogP) is 3.43. The molecule has 0 aliphatic carbocycles. The number of piperidine rings is 1. The van der Waals surface area contributed by atoms with Crippen LogP contribution < -0.4 is 5.32 Å². The van der Waals surface area contributed by atoms with Gasteiger partial charge < -0.3 is 15.0 Å². The Kier molecular flexibility index (Phi) is 6.03. The molecule has 11 heteroatoms. The van der Waals surface area contributed by atoms with Gasteiger partial charge in [0.2, 0.25) is 11.5 Å². The monoisotopic (exact) mass is 446 g/mol. The summed E-state index contributed by atoms with van der Waals surface area (Å²) in [5, 5.41) is 13.3. The third-order valence-corrected chi connectivity index (χ3v) is 4.20. The van der Waals surface area contributed by atoms with Gasteiger partial charge in [-0.3, -0.25) is 14.9 Å². The molecule has 1 N–H and O–H groups in total. The van der Waals surface area contributed by atoms with Crippen LogP contribution in [0.2, 0.25) is 0 Å². The van der Waals surface area contributed by atoms with E-state index in [0.717, 1.165) is 11.0 Å². The fourth-order valence-corrected chi connectivity index (χ4v) is 2.88. The first-order valence-corrected chi connectivity index (χ1v) is 8.99. The van der Waals surface area contributed by atoms with Gasteiger partial charge in [-0.2, -0.15) is 0 Å². The first-order chi connectivity index (χ1) is 12.4. The van der Waals surface area contributed by atoms with Crippen LogP contribution in [0.1, 0.15) is 33.6 Å². The highest BCUT2D eigenvalue weighted by molar-refractivity contribution is 9.10. The molecule has 0 aromatic carbocycles. The van der Waals surface area contributed by atoms with Crippen LogP contribution in [0.15, 0.2) is 16.7 Å². The molecule has 1 aliphatic rings. The van der Waals surface area contributed by atoms with Crippen molar-refractivity contribution in [3.63, 3.8) is 0 Å². The Balaban J connectivity index is 2.16. The molecule has 0 spiro atoms. The number of nitrogens with zero attached hydrogens (tertiary/aromatic N) is 3. The van der Waals surface area contributed by atoms with E-state index in [2.05, 4.69) is 26.2 Å². The van der Waals surface area contributed by atoms with E-state index in [0.29, 0.717) is 4.47 Å². The molecule has 2 amide bonds. The largest absolute Gasteiger partial charge is 0.444 e. The summed E-state index contributed by atoms with van der Waals surface area (Å²) in [6.45, 7) is 4.80. The molecule has 148 valence electrons. The Bertz CT molecular complexity index is 770. The van der Waals surface area contributed by atoms with E-state index < -0.39 is 40.4 Å². The number of nitrogens with one attached hydrogen (secondary N) is 1. The molecular weight excluding hydrogens is 427 g/mol. The molecular formula is C16H20BrFN4O5. The molecule has 1 unspecified atom stereocenters. The number of hydrogen-bond acceptors (Lipinski definition) is 6. The maximum absolute atomic E-state index is 15.2. The highest BCUT2D eigenvalue weighted by Gasteiger charge is 2.45. The van der Waals surface area contributed by atoms with Gasteiger partial charge in [0, 0.05) is 23.3 Å². The van der Waals surface area contributed by atoms with Crippen molar-refractivity contribution in [3.05, 3.63) is 26.9 Å². The van der Waals surface area contributed by atoms with Crippen molar-refractivity contribution in [3.8, 4) is 0 Å². The van der Waals surface area contributed by atoms with Crippen LogP contribution >= 0.6 is 15.9 Å². The smallest absolute Gasteiger partial charge is 0.410 e. The maximum atomic E-state index is 15.2. The molecule has 0 bridgehead atoms. The molecule has 1 atom stereocenters. The van der Waals surface area contributed by atoms with E-state index in [1.54, 1.807) is 20.8 Å². The number of aromatic nitrogens is 1. The number of anilines is 1. The molecule has 1 aromatic heterocycles. The molecule has 1 fully saturated rings. The van der Waals surface area contributed by atoms with Crippen LogP contribution in [0.25, 0.3) is 0 Å². The topological polar surface area (TPSA) is 115 Å². The minimum atomic E-state index is -2.40. The minimum absolute atomic E-state index is 0.123. The Hall–Kier alpha value is -2.30. The highest BCUT2D eigenvalue weighted by Crippen LogP contribution is 2.30. The number of carbonyl (C=O) groups is 2. The Morgan fingerprint density at radius 2 is 2.15 bits per heavy atom. The minimum Gasteiger partial charge on any atom is -0.444 e. The average Bonchev–Trinajstić information content (AvgIpc) is 2.54. The van der Waals surface area contributed by atoms with E-state index >= 15 is 4.39 Å². The van der Waals surface area contributed by atoms with Crippen LogP contribution in [0, 0.1) is 10.1 Å². The van der Waals surface area contributed by atoms with Crippen molar-refractivity contribution in [2.24, 2.45) is 0 Å². The van der Waals surface area contributed by atoms with Crippen LogP contribution in [0.5, 0.6) is 0 Å². The lowest BCUT2D eigenvalue weighted by molar-refractivity contribution is -0.384. The summed E-state index contributed by atoms with van der Waals surface area (Å²) in [5.41, 5.74) is -3.63. The van der Waals surface area contributed by atoms with Crippen LogP contribution in [0.3, 0.4) is 0 Å². The summed E-state index contributed by atoms with van der Waals surface area (Å²) in [5.74, 6) is -1.45. The van der Waals surface area contributed by atoms with E-state index in [-0.39, 0.29) is 25.2 Å². The lowest BCUT2D eigenvalue weighted by Gasteiger charge is -2.36. The van der Waals surface area contributed by atoms with Gasteiger partial charge in [0.05, 0.1) is 11.5 Å². The van der Waals surface area contributed by atoms with Gasteiger partial charge in [-0.25, -0.2) is 14.2 Å². The summed E-state index contributed by atoms with van der Waals surface area (Å²) in [7, 11) is 0. The second-order valence-electron chi connectivity index (χ2n) is 7.20. The number of nitro groups is 1. The van der Waals surface area contributed by atoms with E-state index in [4.69, 9.17) is 4.74 Å². The normalized spacial score (nSPS) is 20.1. The predicted molar refractivity (Wildman–Crippen MR) is 98.1 cm³/mol. The van der Waals surface area contributed by atoms with Crippen LogP contribution in [-0.2, 0) is 9.53 Å². The van der Waals surface area contributed by atoms with Gasteiger partial charge >= 0.3 is 11.8 Å². The third-order valence-electron chi connectivity index (χ3n) is 3.76. The number of halogens is 2. The zero-order valence-electron chi connectivity index (χ0n) is 15.1. The van der Waals surface area contributed by atoms with Gasteiger partial charge in [-0.1, -0.05) is 0 Å². The fourth-order valence-electron chi connectivity index (χ4n) is 2.56. The first-order valence-electron chi connectivity index (χ1n) is 8.19. The van der Waals surface area contributed by atoms with E-state index in [1.165, 1.54) is 6.20 Å². The standard InChI is InChI=1S/C16H20BrFN4O5/c1-15(2,3)27-14(24)21-6-4-5-16(18,9-21)13(23)20-12-11(22(25)26)7-10(17)8-19-12/h7-8H,4-6,9H2,1-3H3,(H,19,20,23). The van der Waals surface area contributed by atoms with Crippen LogP contribution in [-0.4, -0.2) is 51.2 Å². The fraction of sp³-hybridized carbons (Fsp3) is 0.562. The molecule has 1 saturated heterocycles. The summed E-state index contributed by atoms with van der Waals surface area (Å²) in [4.78, 5) is 39.9. The molecule has 0 radical (unpaired) electrons. The summed E-state index contributed by atoms with van der Waals surface area (Å²) in [6, 6.07) is 1.15. The zero-order valence-corrected chi connectivity index (χ0v) is 16.7. The number of alkyl halides is 1. The Labute approximate surface area is 163 Å². The van der Waals surface area contributed by atoms with Crippen molar-refractivity contribution >= 4 is 39.4 Å². The first kappa shape index (κ1) is 21.0. The van der Waals surface area contributed by atoms with E-state index in [9.17, 15) is 19.7 Å². The molecule has 2 rings (SSSR count). The van der Waals surface area contributed by atoms with Crippen molar-refractivity contribution in [1.82, 2.24) is 9.88 Å². The summed E-state index contributed by atoms with van der Waals surface area (Å²) in [6.07, 6.45) is 0.660. The van der Waals surface area contributed by atoms with Gasteiger partial charge in [-0.05, 0) is 49.5 Å². The number of hydrogen-bond donors (Lipinski definition) is 1. The molecule has 1 aliphatic heterocycles. The second-order valence-corrected chi connectivity index (χ2v) is 8.12. The molecule has 9 nitrogen and oxygen atoms in total. The van der Waals surface area contributed by atoms with Gasteiger partial charge in [0.1, 0.15) is 5.60 Å². The number of carbonyl (C=O) groups excluding carboxylic acids is 2. The number of pyridine rings is 1. The van der Waals surface area contributed by atoms with Crippen molar-refractivity contribution in [2.75, 3.05) is 18.4 Å². The maximum Gasteiger partial charge on any atom is 0.410 e. The van der Waals surface area contributed by atoms with Gasteiger partial charge in [0.25, 0.3) is 5.91 Å². The third kappa shape index (κ3) is 5.34. The molecule has 1 aromatic rings. The second kappa shape index (κ2) is 7.75. The zero-order chi connectivity index (χ0) is 20.4. The van der Waals surface area contributed by atoms with Crippen LogP contribution in [0.4, 0.5) is 20.7 Å². The summed E-state index contributed by atoms with van der Waals surface area (Å²) < 4.78 is 20.8. The SMILES string of the molecule is CC(C)(C)OC(=O)N1CCCC(F)(C(=O)Nc2ncc(Br)cc2[N+](=O)[O-])C1. The molecule has 27 heavy (non-hydrogen) atoms. The Morgan fingerprint density at radius 3 is 2.74 bits per heavy atom. The summed E-state index contributed by atoms with van der Waals surface area (Å²) >= 11 is 3.05. The van der Waals surface area contributed by atoms with E-state index in [1.807, 2.05) is 0 Å². The Morgan fingerprint density at radius 1 is 1.48 bits per heavy atom. The van der Waals surface area contributed by atoms with Gasteiger partial charge in [0.15, 0.2) is 0 Å². The lowest BCUT2D eigenvalue weighted by Crippen LogP contribution is -2.54. The van der Waals surface area contributed by atoms with Crippen molar-refractivity contribution in [2.45, 2.75) is 44.9 Å². The highest BCUT2D eigenvalue weighted by atomic mass is 79.9. The lowest BCUT2D eigenvalue weighted by atomic mass is 9.94. The number of ether oxygens (including phenoxy) is 1. The average molecular weight is 447 g/mol. The number of likely N-dealkylation sites (tertiary alicyclic amines) is 1. The van der Waals surface area contributed by atoms with Gasteiger partial charge in [-0.15, -0.1) is 0 Å². The number of amides is 2. The molecule has 0 saturated carbocycles.